The molecule has 0 amide bonds. The van der Waals surface area contributed by atoms with Gasteiger partial charge in [0.15, 0.2) is 12.4 Å². The van der Waals surface area contributed by atoms with Gasteiger partial charge in [-0.05, 0) is 43.8 Å². The predicted octanol–water partition coefficient (Wildman–Crippen LogP) is 4.81. The molecule has 4 aliphatic rings. The summed E-state index contributed by atoms with van der Waals surface area (Å²) in [5.41, 5.74) is -1.22. The molecule has 0 aromatic rings. The van der Waals surface area contributed by atoms with E-state index in [9.17, 15) is 34.5 Å². The van der Waals surface area contributed by atoms with Crippen molar-refractivity contribution in [3.63, 3.8) is 0 Å². The largest absolute Gasteiger partial charge is 0.466 e. The highest BCUT2D eigenvalue weighted by Gasteiger charge is 2.57. The van der Waals surface area contributed by atoms with Gasteiger partial charge < -0.3 is 53.2 Å². The van der Waals surface area contributed by atoms with Crippen LogP contribution in [0, 0.1) is 5.41 Å². The average Bonchev–Trinajstić information content (AvgIpc) is 3.16. The molecule has 0 aliphatic carbocycles. The maximum absolute atomic E-state index is 13.4. The Bertz CT molecular complexity index is 1430. The van der Waals surface area contributed by atoms with Crippen molar-refractivity contribution in [3.8, 4) is 0 Å². The van der Waals surface area contributed by atoms with Crippen molar-refractivity contribution in [3.05, 3.63) is 36.5 Å². The smallest absolute Gasteiger partial charge is 0.330 e. The zero-order valence-corrected chi connectivity index (χ0v) is 34.7. The summed E-state index contributed by atoms with van der Waals surface area (Å²) in [6.07, 6.45) is 5.95. The molecule has 4 rings (SSSR count). The molecule has 0 radical (unpaired) electrons. The second-order valence-corrected chi connectivity index (χ2v) is 16.5. The summed E-state index contributed by atoms with van der Waals surface area (Å²) in [6, 6.07) is 0. The summed E-state index contributed by atoms with van der Waals surface area (Å²) in [5.74, 6) is -4.90. The van der Waals surface area contributed by atoms with Crippen LogP contribution in [0.4, 0.5) is 0 Å². The van der Waals surface area contributed by atoms with E-state index in [0.29, 0.717) is 25.7 Å². The van der Waals surface area contributed by atoms with Gasteiger partial charge in [0, 0.05) is 43.6 Å². The first-order valence-corrected chi connectivity index (χ1v) is 21.0. The van der Waals surface area contributed by atoms with Crippen LogP contribution in [0.1, 0.15) is 124 Å². The van der Waals surface area contributed by atoms with Gasteiger partial charge in [-0.15, -0.1) is 0 Å². The fourth-order valence-corrected chi connectivity index (χ4v) is 8.08. The van der Waals surface area contributed by atoms with E-state index in [2.05, 4.69) is 13.5 Å². The van der Waals surface area contributed by atoms with Crippen LogP contribution in [-0.2, 0) is 57.1 Å². The number of carbonyl (C=O) groups is 4. The Labute approximate surface area is 342 Å². The molecule has 4 heterocycles. The molecular formula is C43H66O15. The van der Waals surface area contributed by atoms with E-state index in [4.69, 9.17) is 37.9 Å². The molecule has 3 N–H and O–H groups in total. The monoisotopic (exact) mass is 822 g/mol. The van der Waals surface area contributed by atoms with Gasteiger partial charge in [0.25, 0.3) is 0 Å². The molecule has 0 aromatic heterocycles. The van der Waals surface area contributed by atoms with E-state index in [1.54, 1.807) is 26.0 Å². The third-order valence-electron chi connectivity index (χ3n) is 11.2. The maximum Gasteiger partial charge on any atom is 0.330 e. The predicted molar refractivity (Wildman–Crippen MR) is 209 cm³/mol. The number of aliphatic hydroxyl groups excluding tert-OH is 2. The Morgan fingerprint density at radius 1 is 0.931 bits per heavy atom. The summed E-state index contributed by atoms with van der Waals surface area (Å²) in [5, 5.41) is 34.0. The normalized spacial score (nSPS) is 33.9. The minimum Gasteiger partial charge on any atom is -0.466 e. The van der Waals surface area contributed by atoms with Gasteiger partial charge in [-0.25, -0.2) is 4.79 Å². The Morgan fingerprint density at radius 2 is 1.66 bits per heavy atom. The van der Waals surface area contributed by atoms with Gasteiger partial charge in [0.05, 0.1) is 63.2 Å². The number of rotatable bonds is 13. The lowest BCUT2D eigenvalue weighted by atomic mass is 9.74. The van der Waals surface area contributed by atoms with E-state index < -0.39 is 84.6 Å². The standard InChI is InChI=1S/C43H66O15/c1-6-8-9-10-11-15-36(46)57-41-28(20-37(47)51-5)19-34-25-35(27-44)54-39(49)22-29(45)21-30-13-12-14-31(53-30)23-32-24-33(26-38(48)52-18-7-2)56-40(55-32)16-17-42(3,4)43(41,50)58-34/h7,16-17,20,29-35,40-41,44-45,50H,2,6,8-15,18-19,21-27H2,1,3-5H3/t29-,30+,31?,32?,33-,34+,35?,40-,41+,43-/m1/s1. The van der Waals surface area contributed by atoms with Gasteiger partial charge >= 0.3 is 23.9 Å². The van der Waals surface area contributed by atoms with Crippen LogP contribution < -0.4 is 0 Å². The zero-order valence-electron chi connectivity index (χ0n) is 34.7. The quantitative estimate of drug-likeness (QED) is 0.0750. The number of unbranched alkanes of at least 4 members (excludes halogenated alkanes) is 4. The van der Waals surface area contributed by atoms with E-state index >= 15 is 0 Å². The van der Waals surface area contributed by atoms with Crippen LogP contribution in [0.5, 0.6) is 0 Å². The Morgan fingerprint density at radius 3 is 2.36 bits per heavy atom. The molecule has 15 heteroatoms. The van der Waals surface area contributed by atoms with Crippen LogP contribution in [0.15, 0.2) is 36.5 Å². The molecular weight excluding hydrogens is 756 g/mol. The molecule has 3 saturated heterocycles. The van der Waals surface area contributed by atoms with Crippen molar-refractivity contribution in [2.75, 3.05) is 20.3 Å². The summed E-state index contributed by atoms with van der Waals surface area (Å²) < 4.78 is 47.3. The van der Waals surface area contributed by atoms with Crippen LogP contribution >= 0.6 is 0 Å². The highest BCUT2D eigenvalue weighted by atomic mass is 16.7. The summed E-state index contributed by atoms with van der Waals surface area (Å²) >= 11 is 0. The van der Waals surface area contributed by atoms with Crippen molar-refractivity contribution in [2.45, 2.75) is 184 Å². The lowest BCUT2D eigenvalue weighted by Crippen LogP contribution is -2.62. The minimum atomic E-state index is -2.35. The van der Waals surface area contributed by atoms with Gasteiger partial charge in [-0.2, -0.15) is 0 Å². The Balaban J connectivity index is 1.74. The first-order chi connectivity index (χ1) is 27.7. The number of hydrogen-bond acceptors (Lipinski definition) is 15. The molecule has 10 atom stereocenters. The van der Waals surface area contributed by atoms with Crippen molar-refractivity contribution in [2.24, 2.45) is 5.41 Å². The minimum absolute atomic E-state index is 0.0449. The van der Waals surface area contributed by atoms with Crippen molar-refractivity contribution in [1.82, 2.24) is 0 Å². The van der Waals surface area contributed by atoms with Crippen LogP contribution in [0.3, 0.4) is 0 Å². The molecule has 4 aliphatic heterocycles. The van der Waals surface area contributed by atoms with E-state index in [-0.39, 0.29) is 62.9 Å². The van der Waals surface area contributed by atoms with E-state index in [0.717, 1.165) is 44.6 Å². The molecule has 3 fully saturated rings. The molecule has 0 spiro atoms. The van der Waals surface area contributed by atoms with Gasteiger partial charge in [0.1, 0.15) is 12.7 Å². The van der Waals surface area contributed by atoms with E-state index in [1.165, 1.54) is 13.2 Å². The lowest BCUT2D eigenvalue weighted by molar-refractivity contribution is -0.327. The number of methoxy groups -OCH3 is 1. The Hall–Kier alpha value is -3.18. The SMILES string of the molecule is C=CCOC(=O)C[C@H]1CC2CC3CCC[C@@H](C[C@@H](O)CC(=O)OC(CO)C[C@@H]4CC(=CC(=O)OC)[C@H](OC(=O)CCCCCCC)[C@@](O)(O4)C(C)(C)C=C[C@H](O2)O1)O3. The Kier molecular flexibility index (Phi) is 18.8. The fraction of sp³-hybridized carbons (Fsp3) is 0.767. The maximum atomic E-state index is 13.4. The van der Waals surface area contributed by atoms with Gasteiger partial charge in [0.2, 0.25) is 5.79 Å². The number of esters is 4. The van der Waals surface area contributed by atoms with Crippen LogP contribution in [0.2, 0.25) is 0 Å². The summed E-state index contributed by atoms with van der Waals surface area (Å²) in [4.78, 5) is 52.0. The summed E-state index contributed by atoms with van der Waals surface area (Å²) in [6.45, 7) is 8.47. The number of fused-ring (bicyclic) bond motifs is 6. The number of cyclic esters (lactones) is 1. The van der Waals surface area contributed by atoms with Gasteiger partial charge in [-0.1, -0.05) is 65.2 Å². The number of aliphatic hydroxyl groups is 3. The molecule has 6 bridgehead atoms. The van der Waals surface area contributed by atoms with Crippen LogP contribution in [0.25, 0.3) is 0 Å². The highest BCUT2D eigenvalue weighted by Crippen LogP contribution is 2.47. The third kappa shape index (κ3) is 14.2. The molecule has 328 valence electrons. The average molecular weight is 823 g/mol. The van der Waals surface area contributed by atoms with Gasteiger partial charge in [-0.3, -0.25) is 14.4 Å². The van der Waals surface area contributed by atoms with Crippen molar-refractivity contribution in [1.29, 1.82) is 0 Å². The lowest BCUT2D eigenvalue weighted by Gasteiger charge is -2.51. The first kappa shape index (κ1) is 47.5. The molecule has 0 saturated carbocycles. The van der Waals surface area contributed by atoms with Crippen molar-refractivity contribution >= 4 is 23.9 Å². The second-order valence-electron chi connectivity index (χ2n) is 16.5. The third-order valence-corrected chi connectivity index (χ3v) is 11.2. The first-order valence-electron chi connectivity index (χ1n) is 21.0. The molecule has 3 unspecified atom stereocenters. The topological polar surface area (TPSA) is 203 Å². The molecule has 15 nitrogen and oxygen atoms in total. The number of carbonyl (C=O) groups excluding carboxylic acids is 4. The zero-order chi connectivity index (χ0) is 42.3. The van der Waals surface area contributed by atoms with E-state index in [1.807, 2.05) is 0 Å². The fourth-order valence-electron chi connectivity index (χ4n) is 8.08. The highest BCUT2D eigenvalue weighted by molar-refractivity contribution is 5.83. The number of ether oxygens (including phenoxy) is 8. The second kappa shape index (κ2) is 23.0. The van der Waals surface area contributed by atoms with Crippen molar-refractivity contribution < 1.29 is 72.4 Å². The summed E-state index contributed by atoms with van der Waals surface area (Å²) in [7, 11) is 1.20. The van der Waals surface area contributed by atoms with Crippen LogP contribution in [-0.4, -0.2) is 120 Å². The molecule has 0 aromatic carbocycles. The molecule has 58 heavy (non-hydrogen) atoms. The number of hydrogen-bond donors (Lipinski definition) is 3.